The van der Waals surface area contributed by atoms with E-state index in [-0.39, 0.29) is 10.8 Å². The van der Waals surface area contributed by atoms with Crippen LogP contribution in [0.4, 0.5) is 5.69 Å². The van der Waals surface area contributed by atoms with Gasteiger partial charge in [0.15, 0.2) is 0 Å². The fraction of sp³-hybridized carbons (Fsp3) is 0.0769. The molecule has 0 bridgehead atoms. The second-order valence-corrected chi connectivity index (χ2v) is 5.62. The molecule has 98 valence electrons. The third-order valence-electron chi connectivity index (χ3n) is 2.39. The molecule has 19 heavy (non-hydrogen) atoms. The summed E-state index contributed by atoms with van der Waals surface area (Å²) in [4.78, 5) is 24.3. The summed E-state index contributed by atoms with van der Waals surface area (Å²) in [6.07, 6.45) is 1.98. The first-order valence-electron chi connectivity index (χ1n) is 5.38. The van der Waals surface area contributed by atoms with Crippen LogP contribution in [-0.2, 0) is 0 Å². The van der Waals surface area contributed by atoms with Crippen LogP contribution >= 0.6 is 23.1 Å². The normalized spacial score (nSPS) is 10.2. The molecule has 2 rings (SSSR count). The number of thioether (sulfide) groups is 1. The summed E-state index contributed by atoms with van der Waals surface area (Å²) in [6.45, 7) is 0. The minimum atomic E-state index is -1.02. The predicted molar refractivity (Wildman–Crippen MR) is 77.5 cm³/mol. The van der Waals surface area contributed by atoms with Crippen LogP contribution < -0.4 is 5.32 Å². The zero-order valence-electron chi connectivity index (χ0n) is 10.0. The second kappa shape index (κ2) is 5.90. The van der Waals surface area contributed by atoms with Crippen molar-refractivity contribution in [2.24, 2.45) is 0 Å². The molecule has 2 aromatic rings. The predicted octanol–water partition coefficient (Wildman–Crippen LogP) is 3.42. The molecule has 0 spiro atoms. The Bertz CT molecular complexity index is 605. The Morgan fingerprint density at radius 2 is 1.74 bits per heavy atom. The molecule has 0 radical (unpaired) electrons. The van der Waals surface area contributed by atoms with Gasteiger partial charge in [0.1, 0.15) is 4.88 Å². The Morgan fingerprint density at radius 3 is 2.26 bits per heavy atom. The van der Waals surface area contributed by atoms with Crippen LogP contribution in [0.1, 0.15) is 19.3 Å². The maximum atomic E-state index is 11.9. The van der Waals surface area contributed by atoms with Gasteiger partial charge in [-0.2, -0.15) is 0 Å². The number of benzene rings is 1. The van der Waals surface area contributed by atoms with Crippen molar-refractivity contribution in [3.05, 3.63) is 46.2 Å². The summed E-state index contributed by atoms with van der Waals surface area (Å²) in [7, 11) is 0. The summed E-state index contributed by atoms with van der Waals surface area (Å²) >= 11 is 2.58. The lowest BCUT2D eigenvalue weighted by Crippen LogP contribution is -2.09. The lowest BCUT2D eigenvalue weighted by molar-refractivity contribution is 0.0702. The van der Waals surface area contributed by atoms with Gasteiger partial charge in [0.2, 0.25) is 0 Å². The number of carboxylic acids is 1. The number of hydrogen-bond acceptors (Lipinski definition) is 4. The van der Waals surface area contributed by atoms with Gasteiger partial charge in [-0.25, -0.2) is 4.79 Å². The van der Waals surface area contributed by atoms with Crippen molar-refractivity contribution < 1.29 is 14.7 Å². The summed E-state index contributed by atoms with van der Waals surface area (Å²) in [5.74, 6) is -1.32. The summed E-state index contributed by atoms with van der Waals surface area (Å²) in [6, 6.07) is 10.4. The zero-order chi connectivity index (χ0) is 13.8. The third kappa shape index (κ3) is 3.36. The number of carbonyl (C=O) groups excluding carboxylic acids is 1. The van der Waals surface area contributed by atoms with Crippen molar-refractivity contribution in [1.29, 1.82) is 0 Å². The van der Waals surface area contributed by atoms with Crippen LogP contribution in [0.25, 0.3) is 0 Å². The van der Waals surface area contributed by atoms with Crippen molar-refractivity contribution >= 4 is 40.7 Å². The molecule has 0 aliphatic heterocycles. The van der Waals surface area contributed by atoms with E-state index in [0.717, 1.165) is 16.2 Å². The highest BCUT2D eigenvalue weighted by atomic mass is 32.2. The van der Waals surface area contributed by atoms with E-state index in [1.165, 1.54) is 12.1 Å². The number of amides is 1. The SMILES string of the molecule is CSc1ccc(NC(=O)c2ccc(C(=O)O)s2)cc1. The number of thiophene rings is 1. The van der Waals surface area contributed by atoms with Crippen molar-refractivity contribution in [2.75, 3.05) is 11.6 Å². The van der Waals surface area contributed by atoms with Gasteiger partial charge in [0, 0.05) is 10.6 Å². The fourth-order valence-electron chi connectivity index (χ4n) is 1.44. The molecule has 0 atom stereocenters. The lowest BCUT2D eigenvalue weighted by Gasteiger charge is -2.04. The number of carbonyl (C=O) groups is 2. The summed E-state index contributed by atoms with van der Waals surface area (Å²) in [5, 5.41) is 11.5. The van der Waals surface area contributed by atoms with Crippen molar-refractivity contribution in [3.63, 3.8) is 0 Å². The van der Waals surface area contributed by atoms with Crippen molar-refractivity contribution in [1.82, 2.24) is 0 Å². The first-order chi connectivity index (χ1) is 9.10. The molecule has 0 fully saturated rings. The standard InChI is InChI=1S/C13H11NO3S2/c1-18-9-4-2-8(3-5-9)14-12(15)10-6-7-11(19-10)13(16)17/h2-7H,1H3,(H,14,15)(H,16,17). The van der Waals surface area contributed by atoms with Gasteiger partial charge in [-0.15, -0.1) is 23.1 Å². The Balaban J connectivity index is 2.08. The molecule has 0 unspecified atom stereocenters. The Morgan fingerprint density at radius 1 is 1.11 bits per heavy atom. The van der Waals surface area contributed by atoms with Gasteiger partial charge in [-0.05, 0) is 42.7 Å². The second-order valence-electron chi connectivity index (χ2n) is 3.65. The van der Waals surface area contributed by atoms with Gasteiger partial charge >= 0.3 is 5.97 Å². The number of nitrogens with one attached hydrogen (secondary N) is 1. The van der Waals surface area contributed by atoms with Gasteiger partial charge in [0.25, 0.3) is 5.91 Å². The maximum absolute atomic E-state index is 11.9. The van der Waals surface area contributed by atoms with E-state index in [0.29, 0.717) is 10.6 Å². The first kappa shape index (κ1) is 13.6. The molecule has 0 saturated heterocycles. The minimum absolute atomic E-state index is 0.155. The lowest BCUT2D eigenvalue weighted by atomic mass is 10.3. The molecule has 0 aliphatic carbocycles. The van der Waals surface area contributed by atoms with E-state index < -0.39 is 5.97 Å². The van der Waals surface area contributed by atoms with E-state index in [2.05, 4.69) is 5.32 Å². The van der Waals surface area contributed by atoms with Crippen LogP contribution in [0.5, 0.6) is 0 Å². The Hall–Kier alpha value is -1.79. The molecular weight excluding hydrogens is 282 g/mol. The fourth-order valence-corrected chi connectivity index (χ4v) is 2.59. The summed E-state index contributed by atoms with van der Waals surface area (Å²) < 4.78 is 0. The summed E-state index contributed by atoms with van der Waals surface area (Å²) in [5.41, 5.74) is 0.688. The van der Waals surface area contributed by atoms with Crippen LogP contribution in [-0.4, -0.2) is 23.2 Å². The smallest absolute Gasteiger partial charge is 0.345 e. The molecule has 6 heteroatoms. The molecule has 4 nitrogen and oxygen atoms in total. The Labute approximate surface area is 118 Å². The van der Waals surface area contributed by atoms with Gasteiger partial charge < -0.3 is 10.4 Å². The molecule has 0 saturated carbocycles. The van der Waals surface area contributed by atoms with E-state index in [1.807, 2.05) is 30.5 Å². The molecule has 1 aromatic heterocycles. The molecule has 1 aromatic carbocycles. The monoisotopic (exact) mass is 293 g/mol. The maximum Gasteiger partial charge on any atom is 0.345 e. The van der Waals surface area contributed by atoms with Crippen LogP contribution in [0.3, 0.4) is 0 Å². The minimum Gasteiger partial charge on any atom is -0.477 e. The van der Waals surface area contributed by atoms with Gasteiger partial charge in [0.05, 0.1) is 4.88 Å². The first-order valence-corrected chi connectivity index (χ1v) is 7.43. The van der Waals surface area contributed by atoms with E-state index in [1.54, 1.807) is 11.8 Å². The number of aromatic carboxylic acids is 1. The molecule has 2 N–H and O–H groups in total. The number of anilines is 1. The topological polar surface area (TPSA) is 66.4 Å². The van der Waals surface area contributed by atoms with E-state index in [4.69, 9.17) is 5.11 Å². The van der Waals surface area contributed by atoms with Gasteiger partial charge in [-0.3, -0.25) is 4.79 Å². The third-order valence-corrected chi connectivity index (χ3v) is 4.20. The van der Waals surface area contributed by atoms with Crippen molar-refractivity contribution in [2.45, 2.75) is 4.90 Å². The highest BCUT2D eigenvalue weighted by molar-refractivity contribution is 7.98. The average Bonchev–Trinajstić information content (AvgIpc) is 2.89. The molecule has 0 aliphatic rings. The largest absolute Gasteiger partial charge is 0.477 e. The van der Waals surface area contributed by atoms with Crippen molar-refractivity contribution in [3.8, 4) is 0 Å². The Kier molecular flexibility index (Phi) is 4.24. The van der Waals surface area contributed by atoms with Gasteiger partial charge in [-0.1, -0.05) is 0 Å². The zero-order valence-corrected chi connectivity index (χ0v) is 11.7. The highest BCUT2D eigenvalue weighted by Crippen LogP contribution is 2.20. The van der Waals surface area contributed by atoms with Crippen LogP contribution in [0.15, 0.2) is 41.3 Å². The quantitative estimate of drug-likeness (QED) is 0.848. The number of rotatable bonds is 4. The average molecular weight is 293 g/mol. The molecular formula is C13H11NO3S2. The number of carboxylic acid groups (broad SMARTS) is 1. The van der Waals surface area contributed by atoms with Crippen LogP contribution in [0, 0.1) is 0 Å². The number of hydrogen-bond donors (Lipinski definition) is 2. The van der Waals surface area contributed by atoms with E-state index in [9.17, 15) is 9.59 Å². The molecule has 1 amide bonds. The van der Waals surface area contributed by atoms with Crippen LogP contribution in [0.2, 0.25) is 0 Å². The molecule has 1 heterocycles. The van der Waals surface area contributed by atoms with E-state index >= 15 is 0 Å². The highest BCUT2D eigenvalue weighted by Gasteiger charge is 2.12.